The van der Waals surface area contributed by atoms with E-state index in [0.29, 0.717) is 18.3 Å². The molecule has 146 valence electrons. The Morgan fingerprint density at radius 2 is 2.07 bits per heavy atom. The lowest BCUT2D eigenvalue weighted by molar-refractivity contribution is -0.133. The number of nitrogens with zero attached hydrogens (tertiary/aromatic N) is 2. The van der Waals surface area contributed by atoms with E-state index in [4.69, 9.17) is 4.98 Å². The fourth-order valence-corrected chi connectivity index (χ4v) is 5.01. The van der Waals surface area contributed by atoms with Crippen molar-refractivity contribution in [1.82, 2.24) is 15.2 Å². The van der Waals surface area contributed by atoms with Crippen LogP contribution in [-0.2, 0) is 4.79 Å². The molecule has 0 radical (unpaired) electrons. The minimum absolute atomic E-state index is 0.0455. The molecule has 1 aromatic carbocycles. The monoisotopic (exact) mass is 385 g/mol. The highest BCUT2D eigenvalue weighted by molar-refractivity contribution is 7.15. The summed E-state index contributed by atoms with van der Waals surface area (Å²) in [6, 6.07) is 10.3. The molecule has 3 rings (SSSR count). The third kappa shape index (κ3) is 4.77. The fraction of sp³-hybridized carbons (Fsp3) is 0.545. The molecule has 1 aliphatic rings. The molecule has 0 saturated carbocycles. The number of hydrogen-bond acceptors (Lipinski definition) is 4. The third-order valence-electron chi connectivity index (χ3n) is 5.84. The Bertz CT molecular complexity index is 752. The minimum atomic E-state index is 0.0455. The van der Waals surface area contributed by atoms with Crippen LogP contribution in [0.3, 0.4) is 0 Å². The van der Waals surface area contributed by atoms with Gasteiger partial charge in [-0.2, -0.15) is 0 Å². The molecule has 1 N–H and O–H groups in total. The molecule has 2 heterocycles. The number of rotatable bonds is 6. The smallest absolute Gasteiger partial charge is 0.223 e. The van der Waals surface area contributed by atoms with Crippen molar-refractivity contribution < 1.29 is 4.79 Å². The van der Waals surface area contributed by atoms with Crippen LogP contribution < -0.4 is 5.32 Å². The third-order valence-corrected chi connectivity index (χ3v) is 7.22. The van der Waals surface area contributed by atoms with Crippen molar-refractivity contribution >= 4 is 17.2 Å². The van der Waals surface area contributed by atoms with E-state index in [9.17, 15) is 4.79 Å². The highest BCUT2D eigenvalue weighted by Gasteiger charge is 2.27. The van der Waals surface area contributed by atoms with Gasteiger partial charge in [-0.05, 0) is 51.6 Å². The Labute approximate surface area is 167 Å². The van der Waals surface area contributed by atoms with Crippen LogP contribution in [0.4, 0.5) is 0 Å². The Hall–Kier alpha value is -1.72. The van der Waals surface area contributed by atoms with Crippen LogP contribution in [0.5, 0.6) is 0 Å². The molecular weight excluding hydrogens is 354 g/mol. The van der Waals surface area contributed by atoms with Crippen molar-refractivity contribution in [3.8, 4) is 10.6 Å². The summed E-state index contributed by atoms with van der Waals surface area (Å²) in [7, 11) is 1.93. The molecule has 1 aromatic heterocycles. The van der Waals surface area contributed by atoms with Gasteiger partial charge in [0.2, 0.25) is 5.91 Å². The molecule has 1 aliphatic heterocycles. The number of thiazole rings is 1. The first-order chi connectivity index (χ1) is 13.0. The molecule has 5 heteroatoms. The molecule has 3 unspecified atom stereocenters. The van der Waals surface area contributed by atoms with Crippen LogP contribution in [0, 0.1) is 18.8 Å². The lowest BCUT2D eigenvalue weighted by Crippen LogP contribution is -2.36. The van der Waals surface area contributed by atoms with Crippen molar-refractivity contribution in [1.29, 1.82) is 0 Å². The maximum absolute atomic E-state index is 12.9. The Kier molecular flexibility index (Phi) is 6.66. The fourth-order valence-electron chi connectivity index (χ4n) is 3.84. The molecule has 2 aromatic rings. The highest BCUT2D eigenvalue weighted by Crippen LogP contribution is 2.34. The maximum atomic E-state index is 12.9. The van der Waals surface area contributed by atoms with Gasteiger partial charge < -0.3 is 10.2 Å². The van der Waals surface area contributed by atoms with Gasteiger partial charge in [-0.25, -0.2) is 4.98 Å². The first-order valence-corrected chi connectivity index (χ1v) is 10.8. The number of carbonyl (C=O) groups excluding carboxylic acids is 1. The van der Waals surface area contributed by atoms with E-state index >= 15 is 0 Å². The molecule has 4 nitrogen and oxygen atoms in total. The first-order valence-electron chi connectivity index (χ1n) is 9.96. The summed E-state index contributed by atoms with van der Waals surface area (Å²) in [4.78, 5) is 20.7. The maximum Gasteiger partial charge on any atom is 0.223 e. The van der Waals surface area contributed by atoms with E-state index in [2.05, 4.69) is 31.3 Å². The van der Waals surface area contributed by atoms with Crippen LogP contribution in [0.2, 0.25) is 0 Å². The summed E-state index contributed by atoms with van der Waals surface area (Å²) >= 11 is 1.70. The summed E-state index contributed by atoms with van der Waals surface area (Å²) in [5, 5.41) is 4.49. The molecule has 1 amide bonds. The van der Waals surface area contributed by atoms with Gasteiger partial charge in [-0.1, -0.05) is 37.3 Å². The summed E-state index contributed by atoms with van der Waals surface area (Å²) < 4.78 is 0. The zero-order valence-electron chi connectivity index (χ0n) is 16.9. The average molecular weight is 386 g/mol. The van der Waals surface area contributed by atoms with Gasteiger partial charge in [0, 0.05) is 19.0 Å². The number of piperidine rings is 1. The number of amides is 1. The van der Waals surface area contributed by atoms with E-state index in [0.717, 1.165) is 29.4 Å². The van der Waals surface area contributed by atoms with E-state index in [-0.39, 0.29) is 11.9 Å². The second kappa shape index (κ2) is 8.98. The topological polar surface area (TPSA) is 45.2 Å². The summed E-state index contributed by atoms with van der Waals surface area (Å²) in [5.41, 5.74) is 2.16. The number of hydrogen-bond donors (Lipinski definition) is 1. The van der Waals surface area contributed by atoms with Gasteiger partial charge in [0.15, 0.2) is 0 Å². The van der Waals surface area contributed by atoms with Gasteiger partial charge in [0.1, 0.15) is 5.01 Å². The number of aromatic nitrogens is 1. The van der Waals surface area contributed by atoms with Crippen molar-refractivity contribution in [3.05, 3.63) is 40.9 Å². The molecule has 27 heavy (non-hydrogen) atoms. The van der Waals surface area contributed by atoms with Gasteiger partial charge in [-0.15, -0.1) is 11.3 Å². The quantitative estimate of drug-likeness (QED) is 0.786. The summed E-state index contributed by atoms with van der Waals surface area (Å²) in [6.07, 6.45) is 3.07. The van der Waals surface area contributed by atoms with Crippen molar-refractivity contribution in [2.75, 3.05) is 20.1 Å². The van der Waals surface area contributed by atoms with Gasteiger partial charge in [-0.3, -0.25) is 4.79 Å². The molecule has 0 bridgehead atoms. The van der Waals surface area contributed by atoms with Crippen molar-refractivity contribution in [3.63, 3.8) is 0 Å². The Morgan fingerprint density at radius 1 is 1.33 bits per heavy atom. The number of benzene rings is 1. The summed E-state index contributed by atoms with van der Waals surface area (Å²) in [5.74, 6) is 1.26. The van der Waals surface area contributed by atoms with Crippen LogP contribution in [-0.4, -0.2) is 35.9 Å². The normalized spacial score (nSPS) is 19.5. The predicted molar refractivity (Wildman–Crippen MR) is 113 cm³/mol. The van der Waals surface area contributed by atoms with E-state index in [1.807, 2.05) is 37.1 Å². The van der Waals surface area contributed by atoms with Gasteiger partial charge >= 0.3 is 0 Å². The average Bonchev–Trinajstić information content (AvgIpc) is 3.09. The molecule has 1 fully saturated rings. The number of nitrogens with one attached hydrogen (secondary N) is 1. The van der Waals surface area contributed by atoms with Crippen molar-refractivity contribution in [2.45, 2.75) is 46.1 Å². The molecule has 1 saturated heterocycles. The van der Waals surface area contributed by atoms with Crippen LogP contribution >= 0.6 is 11.3 Å². The number of carbonyl (C=O) groups is 1. The standard InChI is InChI=1S/C22H31N3OS/c1-15(19-11-8-12-23-14-19)13-20(26)25(4)17(3)21-16(2)24-22(27-21)18-9-6-5-7-10-18/h5-7,9-10,15,17,19,23H,8,11-14H2,1-4H3. The van der Waals surface area contributed by atoms with Crippen LogP contribution in [0.15, 0.2) is 30.3 Å². The SMILES string of the molecule is Cc1nc(-c2ccccc2)sc1C(C)N(C)C(=O)CC(C)C1CCCNC1. The lowest BCUT2D eigenvalue weighted by Gasteiger charge is -2.30. The molecule has 0 spiro atoms. The van der Waals surface area contributed by atoms with Gasteiger partial charge in [0.25, 0.3) is 0 Å². The lowest BCUT2D eigenvalue weighted by atomic mass is 9.85. The predicted octanol–water partition coefficient (Wildman–Crippen LogP) is 4.66. The second-order valence-corrected chi connectivity index (χ2v) is 8.83. The molecule has 3 atom stereocenters. The Balaban J connectivity index is 1.66. The van der Waals surface area contributed by atoms with E-state index in [1.165, 1.54) is 17.7 Å². The highest BCUT2D eigenvalue weighted by atomic mass is 32.1. The van der Waals surface area contributed by atoms with Crippen LogP contribution in [0.25, 0.3) is 10.6 Å². The summed E-state index contributed by atoms with van der Waals surface area (Å²) in [6.45, 7) is 8.54. The molecule has 0 aliphatic carbocycles. The minimum Gasteiger partial charge on any atom is -0.338 e. The van der Waals surface area contributed by atoms with E-state index in [1.54, 1.807) is 11.3 Å². The van der Waals surface area contributed by atoms with Crippen LogP contribution in [0.1, 0.15) is 49.7 Å². The number of aryl methyl sites for hydroxylation is 1. The zero-order valence-corrected chi connectivity index (χ0v) is 17.7. The van der Waals surface area contributed by atoms with E-state index < -0.39 is 0 Å². The zero-order chi connectivity index (χ0) is 19.4. The molecular formula is C22H31N3OS. The first kappa shape index (κ1) is 20.0. The second-order valence-electron chi connectivity index (χ2n) is 7.80. The van der Waals surface area contributed by atoms with Crippen molar-refractivity contribution in [2.24, 2.45) is 11.8 Å². The Morgan fingerprint density at radius 3 is 2.74 bits per heavy atom. The largest absolute Gasteiger partial charge is 0.338 e. The van der Waals surface area contributed by atoms with Gasteiger partial charge in [0.05, 0.1) is 16.6 Å².